The minimum atomic E-state index is -1.44. The molecule has 16 heteroatoms. The molecule has 16 aromatic rings. The Hall–Kier alpha value is -9.58. The van der Waals surface area contributed by atoms with Crippen molar-refractivity contribution < 1.29 is 80.4 Å². The van der Waals surface area contributed by atoms with Gasteiger partial charge in [-0.1, -0.05) is 239 Å². The third-order valence-electron chi connectivity index (χ3n) is 26.9. The van der Waals surface area contributed by atoms with Gasteiger partial charge >= 0.3 is 0 Å². The van der Waals surface area contributed by atoms with Gasteiger partial charge in [0.25, 0.3) is 0 Å². The molecular weight excluding hydrogens is 2520 g/mol. The molecule has 5 aliphatic rings. The largest absolute Gasteiger partial charge is 0.305 e. The van der Waals surface area contributed by atoms with Crippen molar-refractivity contribution in [1.82, 2.24) is 39.9 Å². The molecule has 750 valence electrons. The summed E-state index contributed by atoms with van der Waals surface area (Å²) in [6.07, 6.45) is 34.1. The molecule has 0 amide bonds. The fraction of sp³-hybridized carbons (Fsp3) is 0.307. The van der Waals surface area contributed by atoms with Crippen LogP contribution in [0.2, 0.25) is 78.6 Å². The van der Waals surface area contributed by atoms with Crippen molar-refractivity contribution >= 4 is 53.0 Å². The van der Waals surface area contributed by atoms with Gasteiger partial charge in [-0.15, -0.1) is 286 Å². The topological polar surface area (TPSA) is 103 Å². The minimum Gasteiger partial charge on any atom is -0.305 e. The van der Waals surface area contributed by atoms with Crippen LogP contribution in [0.5, 0.6) is 0 Å². The second-order valence-corrected chi connectivity index (χ2v) is 62.0. The molecule has 8 aromatic heterocycles. The molecule has 4 bridgehead atoms. The average Bonchev–Trinajstić information content (AvgIpc) is 0.755. The SMILES string of the molecule is CCCc1cc(-c2[c-]cc(C)cc2)ncc1[Si](C)(C)C.CCc1cc(-c2[c-]cc(C)cc2)ncc1[Si](C)(C)C.Cc1c(-c2[c-]cccc2)ncc([Si](C)(C)C)c1CC1CCCCC1.Cc1nc(-c2[c-]cccc2)cc(CC2C3CC4CC(C3)CC2C4)c1[Si](C)(C)C.[Ir].[Ir].[Ir].[Ir].[c-]1ccccc1-c1ccccn1.[c-]1ccccc1-c1ccccn1.[c-]1ccccc1-c1ccccn1.[c-]1ccccc1-c1ccccn1. The van der Waals surface area contributed by atoms with Crippen molar-refractivity contribution in [3.63, 3.8) is 0 Å². The molecule has 143 heavy (non-hydrogen) atoms. The maximum absolute atomic E-state index is 5.06. The Morgan fingerprint density at radius 2 is 0.664 bits per heavy atom. The Bertz CT molecular complexity index is 5920. The van der Waals surface area contributed by atoms with Crippen LogP contribution in [-0.2, 0) is 106 Å². The van der Waals surface area contributed by atoms with E-state index < -0.39 is 32.3 Å². The zero-order chi connectivity index (χ0) is 98.3. The zero-order valence-corrected chi connectivity index (χ0v) is 101. The van der Waals surface area contributed by atoms with Crippen LogP contribution in [-0.4, -0.2) is 72.2 Å². The van der Waals surface area contributed by atoms with Gasteiger partial charge in [0.1, 0.15) is 0 Å². The van der Waals surface area contributed by atoms with Crippen LogP contribution in [0.1, 0.15) is 129 Å². The van der Waals surface area contributed by atoms with E-state index in [0.717, 1.165) is 138 Å². The summed E-state index contributed by atoms with van der Waals surface area (Å²) in [4.78, 5) is 36.2. The van der Waals surface area contributed by atoms with Crippen molar-refractivity contribution in [2.24, 2.45) is 35.5 Å². The summed E-state index contributed by atoms with van der Waals surface area (Å²) in [5.74, 6) is 5.88. The summed E-state index contributed by atoms with van der Waals surface area (Å²) in [7, 11) is -5.46. The van der Waals surface area contributed by atoms with E-state index in [9.17, 15) is 0 Å². The fourth-order valence-electron chi connectivity index (χ4n) is 20.3. The first kappa shape index (κ1) is 117. The molecule has 8 nitrogen and oxygen atoms in total. The van der Waals surface area contributed by atoms with Crippen molar-refractivity contribution in [2.45, 2.75) is 216 Å². The zero-order valence-electron chi connectivity index (χ0n) is 87.0. The number of benzene rings is 8. The molecular formula is C127H142Ir4N8Si4-8. The van der Waals surface area contributed by atoms with Crippen molar-refractivity contribution in [1.29, 1.82) is 0 Å². The van der Waals surface area contributed by atoms with Crippen LogP contribution in [0, 0.1) is 112 Å². The van der Waals surface area contributed by atoms with E-state index in [0.29, 0.717) is 0 Å². The van der Waals surface area contributed by atoms with Crippen LogP contribution in [0.3, 0.4) is 0 Å². The molecule has 0 saturated heterocycles. The predicted molar refractivity (Wildman–Crippen MR) is 597 cm³/mol. The smallest absolute Gasteiger partial charge is 0.0802 e. The third-order valence-corrected chi connectivity index (χ3v) is 35.3. The van der Waals surface area contributed by atoms with Gasteiger partial charge < -0.3 is 39.9 Å². The number of hydrogen-bond donors (Lipinski definition) is 0. The number of hydrogen-bond acceptors (Lipinski definition) is 8. The van der Waals surface area contributed by atoms with Gasteiger partial charge in [0.2, 0.25) is 0 Å². The van der Waals surface area contributed by atoms with E-state index in [4.69, 9.17) is 15.0 Å². The van der Waals surface area contributed by atoms with Crippen LogP contribution >= 0.6 is 0 Å². The van der Waals surface area contributed by atoms with Crippen molar-refractivity contribution in [3.05, 3.63) is 410 Å². The Balaban J connectivity index is 0.000000185. The second kappa shape index (κ2) is 57.5. The van der Waals surface area contributed by atoms with E-state index in [1.54, 1.807) is 52.7 Å². The molecule has 5 fully saturated rings. The summed E-state index contributed by atoms with van der Waals surface area (Å²) in [6, 6.07) is 117. The van der Waals surface area contributed by atoms with Crippen LogP contribution in [0.25, 0.3) is 90.1 Å². The molecule has 5 aliphatic carbocycles. The van der Waals surface area contributed by atoms with Crippen molar-refractivity contribution in [2.75, 3.05) is 0 Å². The van der Waals surface area contributed by atoms with Gasteiger partial charge in [-0.3, -0.25) is 0 Å². The number of rotatable bonds is 19. The molecule has 0 N–H and O–H groups in total. The first-order chi connectivity index (χ1) is 67.0. The maximum atomic E-state index is 5.06. The Morgan fingerprint density at radius 3 is 1.00 bits per heavy atom. The maximum Gasteiger partial charge on any atom is 0.0802 e. The Morgan fingerprint density at radius 1 is 0.315 bits per heavy atom. The number of nitrogens with zero attached hydrogens (tertiary/aromatic N) is 8. The quantitative estimate of drug-likeness (QED) is 0.0583. The standard InChI is InChI=1S/C26H34NSi.C22H30NSi.C18H24NSi.C17H22NSi.4C11H8N.4Ir/c1-17-26(28(2,3)4)23(16-25(27-17)20-8-6-5-7-9-20)15-24-21-11-18-10-19(13-21)14-22(24)12-18;1-17-20(15-18-11-7-5-8-12-18)21(24(2,3)4)16-23-22(17)19-13-9-6-10-14-19;1-6-7-16-12-17(15-10-8-14(2)9-11-15)19-13-18(16)20(3,4)5;1-6-14-11-16(15-9-7-13(2)8-10-15)18-12-17(14)19(3,4)5;4*1-2-6-10(7-3-1)11-8-4-5-9-12-11;;;;/h5-8,16,18-19,21-22,24H,10-15H2,1-4H3;6,9-10,13,16,18H,5,7-8,11-12,15H2,1-4H3;8-10,12-13H,6-7H2,1-5H3;7-9,11-12H,6H2,1-5H3;4*1-6,8-9H;;;;/q8*-1;;;;. The van der Waals surface area contributed by atoms with E-state index in [1.807, 2.05) is 206 Å². The number of aryl methyl sites for hydroxylation is 5. The number of aromatic nitrogens is 8. The molecule has 8 heterocycles. The first-order valence-corrected chi connectivity index (χ1v) is 64.5. The van der Waals surface area contributed by atoms with E-state index in [-0.39, 0.29) is 80.4 Å². The van der Waals surface area contributed by atoms with Gasteiger partial charge in [-0.2, -0.15) is 0 Å². The van der Waals surface area contributed by atoms with E-state index in [1.165, 1.54) is 121 Å². The molecule has 8 aromatic carbocycles. The molecule has 21 rings (SSSR count). The third kappa shape index (κ3) is 34.8. The van der Waals surface area contributed by atoms with Gasteiger partial charge in [-0.05, 0) is 198 Å². The first-order valence-electron chi connectivity index (χ1n) is 50.5. The van der Waals surface area contributed by atoms with E-state index >= 15 is 0 Å². The van der Waals surface area contributed by atoms with Gasteiger partial charge in [-0.25, -0.2) is 0 Å². The average molecular weight is 2660 g/mol. The van der Waals surface area contributed by atoms with Crippen LogP contribution in [0.15, 0.2) is 316 Å². The second-order valence-electron chi connectivity index (χ2n) is 41.9. The molecule has 0 unspecified atom stereocenters. The van der Waals surface area contributed by atoms with Crippen LogP contribution in [0.4, 0.5) is 0 Å². The van der Waals surface area contributed by atoms with Gasteiger partial charge in [0.05, 0.1) is 32.3 Å². The van der Waals surface area contributed by atoms with Crippen LogP contribution < -0.4 is 20.7 Å². The summed E-state index contributed by atoms with van der Waals surface area (Å²) in [5, 5.41) is 6.16. The fourth-order valence-corrected chi connectivity index (χ4v) is 27.5. The van der Waals surface area contributed by atoms with Gasteiger partial charge in [0.15, 0.2) is 0 Å². The molecule has 5 saturated carbocycles. The molecule has 0 spiro atoms. The number of pyridine rings is 8. The molecule has 0 atom stereocenters. The molecule has 0 aliphatic heterocycles. The van der Waals surface area contributed by atoms with E-state index in [2.05, 4.69) is 279 Å². The predicted octanol–water partition coefficient (Wildman–Crippen LogP) is 30.0. The monoisotopic (exact) mass is 2660 g/mol. The Kier molecular flexibility index (Phi) is 47.0. The molecule has 4 radical (unpaired) electrons. The van der Waals surface area contributed by atoms with Gasteiger partial charge in [0, 0.05) is 129 Å². The van der Waals surface area contributed by atoms with Crippen molar-refractivity contribution in [3.8, 4) is 90.1 Å². The Labute approximate surface area is 916 Å². The summed E-state index contributed by atoms with van der Waals surface area (Å²) < 4.78 is 0. The summed E-state index contributed by atoms with van der Waals surface area (Å²) >= 11 is 0. The summed E-state index contributed by atoms with van der Waals surface area (Å²) in [6.45, 7) is 42.3. The summed E-state index contributed by atoms with van der Waals surface area (Å²) in [5.41, 5.74) is 28.1. The minimum absolute atomic E-state index is 0. The normalized spacial score (nSPS) is 15.3.